The van der Waals surface area contributed by atoms with Crippen LogP contribution in [0.25, 0.3) is 0 Å². The van der Waals surface area contributed by atoms with E-state index < -0.39 is 0 Å². The van der Waals surface area contributed by atoms with Crippen LogP contribution in [0, 0.1) is 16.7 Å². The van der Waals surface area contributed by atoms with Crippen LogP contribution >= 0.6 is 0 Å². The normalized spacial score (nSPS) is 34.5. The fraction of sp³-hybridized carbons (Fsp3) is 0.455. The van der Waals surface area contributed by atoms with Crippen LogP contribution in [-0.4, -0.2) is 0 Å². The quantitative estimate of drug-likeness (QED) is 0.695. The topological polar surface area (TPSA) is 9.23 Å². The van der Waals surface area contributed by atoms with Gasteiger partial charge in [0.25, 0.3) is 0 Å². The van der Waals surface area contributed by atoms with Crippen LogP contribution in [0.15, 0.2) is 60.7 Å². The highest BCUT2D eigenvalue weighted by atomic mass is 16.5. The van der Waals surface area contributed by atoms with Gasteiger partial charge in [-0.3, -0.25) is 0 Å². The van der Waals surface area contributed by atoms with E-state index in [-0.39, 0.29) is 11.0 Å². The van der Waals surface area contributed by atoms with Gasteiger partial charge in [-0.1, -0.05) is 69.3 Å². The van der Waals surface area contributed by atoms with Crippen molar-refractivity contribution >= 4 is 0 Å². The first-order valence-electron chi connectivity index (χ1n) is 8.79. The van der Waals surface area contributed by atoms with Gasteiger partial charge in [0.2, 0.25) is 0 Å². The van der Waals surface area contributed by atoms with Gasteiger partial charge < -0.3 is 4.74 Å². The van der Waals surface area contributed by atoms with Crippen molar-refractivity contribution in [1.82, 2.24) is 0 Å². The lowest BCUT2D eigenvalue weighted by atomic mass is 9.62. The standard InChI is InChI=1S/C22H26O/c1-20(2)18-14-15-21(20,3)22(16-18,17-10-6-4-7-11-17)23-19-12-8-5-9-13-19/h4-13,18H,14-16H2,1-3H3/t18-,21-,22+/m1/s1. The van der Waals surface area contributed by atoms with Crippen LogP contribution in [0.4, 0.5) is 0 Å². The molecule has 0 aliphatic heterocycles. The molecular formula is C22H26O. The van der Waals surface area contributed by atoms with Gasteiger partial charge in [-0.05, 0) is 48.3 Å². The highest BCUT2D eigenvalue weighted by molar-refractivity contribution is 5.35. The Morgan fingerprint density at radius 1 is 0.870 bits per heavy atom. The molecule has 0 N–H and O–H groups in total. The van der Waals surface area contributed by atoms with Gasteiger partial charge in [0, 0.05) is 5.41 Å². The second kappa shape index (κ2) is 4.87. The summed E-state index contributed by atoms with van der Waals surface area (Å²) in [7, 11) is 0. The number of hydrogen-bond acceptors (Lipinski definition) is 1. The van der Waals surface area contributed by atoms with Gasteiger partial charge in [0.1, 0.15) is 11.4 Å². The van der Waals surface area contributed by atoms with E-state index in [1.54, 1.807) is 0 Å². The Morgan fingerprint density at radius 3 is 2.00 bits per heavy atom. The zero-order valence-electron chi connectivity index (χ0n) is 14.4. The fourth-order valence-electron chi connectivity index (χ4n) is 5.29. The van der Waals surface area contributed by atoms with Gasteiger partial charge in [0.05, 0.1) is 0 Å². The number of hydrogen-bond donors (Lipinski definition) is 0. The maximum absolute atomic E-state index is 6.82. The number of para-hydroxylation sites is 1. The average Bonchev–Trinajstić information content (AvgIpc) is 2.89. The lowest BCUT2D eigenvalue weighted by molar-refractivity contribution is -0.0742. The van der Waals surface area contributed by atoms with E-state index >= 15 is 0 Å². The van der Waals surface area contributed by atoms with Crippen molar-refractivity contribution in [3.63, 3.8) is 0 Å². The smallest absolute Gasteiger partial charge is 0.140 e. The summed E-state index contributed by atoms with van der Waals surface area (Å²) in [6.07, 6.45) is 3.69. The molecule has 0 amide bonds. The minimum absolute atomic E-state index is 0.155. The summed E-state index contributed by atoms with van der Waals surface area (Å²) in [5.41, 5.74) is 1.57. The predicted octanol–water partition coefficient (Wildman–Crippen LogP) is 5.81. The summed E-state index contributed by atoms with van der Waals surface area (Å²) in [6, 6.07) is 21.3. The van der Waals surface area contributed by atoms with E-state index in [0.29, 0.717) is 5.41 Å². The highest BCUT2D eigenvalue weighted by Crippen LogP contribution is 2.73. The van der Waals surface area contributed by atoms with Gasteiger partial charge in [-0.2, -0.15) is 0 Å². The molecular weight excluding hydrogens is 280 g/mol. The van der Waals surface area contributed by atoms with Crippen LogP contribution in [0.2, 0.25) is 0 Å². The Balaban J connectivity index is 1.87. The van der Waals surface area contributed by atoms with Crippen molar-refractivity contribution < 1.29 is 4.74 Å². The molecule has 2 aliphatic carbocycles. The van der Waals surface area contributed by atoms with Crippen LogP contribution in [0.3, 0.4) is 0 Å². The molecule has 2 bridgehead atoms. The maximum atomic E-state index is 6.82. The zero-order chi connectivity index (χ0) is 16.1. The summed E-state index contributed by atoms with van der Waals surface area (Å²) in [5, 5.41) is 0. The fourth-order valence-corrected chi connectivity index (χ4v) is 5.29. The van der Waals surface area contributed by atoms with E-state index in [4.69, 9.17) is 4.74 Å². The first-order chi connectivity index (χ1) is 11.0. The van der Waals surface area contributed by atoms with Crippen molar-refractivity contribution in [3.8, 4) is 5.75 Å². The van der Waals surface area contributed by atoms with Crippen molar-refractivity contribution in [2.45, 2.75) is 45.6 Å². The molecule has 0 saturated heterocycles. The van der Waals surface area contributed by atoms with Crippen molar-refractivity contribution in [1.29, 1.82) is 0 Å². The monoisotopic (exact) mass is 306 g/mol. The van der Waals surface area contributed by atoms with Gasteiger partial charge in [-0.15, -0.1) is 0 Å². The van der Waals surface area contributed by atoms with Crippen molar-refractivity contribution in [2.75, 3.05) is 0 Å². The number of ether oxygens (including phenoxy) is 1. The Hall–Kier alpha value is -1.76. The molecule has 4 rings (SSSR count). The minimum atomic E-state index is -0.220. The molecule has 0 unspecified atom stereocenters. The van der Waals surface area contributed by atoms with E-state index in [0.717, 1.165) is 18.1 Å². The van der Waals surface area contributed by atoms with Gasteiger partial charge >= 0.3 is 0 Å². The Labute approximate surface area is 139 Å². The van der Waals surface area contributed by atoms with Gasteiger partial charge in [0.15, 0.2) is 0 Å². The summed E-state index contributed by atoms with van der Waals surface area (Å²) < 4.78 is 6.82. The van der Waals surface area contributed by atoms with Crippen molar-refractivity contribution in [2.24, 2.45) is 16.7 Å². The van der Waals surface area contributed by atoms with E-state index in [2.05, 4.69) is 81.4 Å². The van der Waals surface area contributed by atoms with E-state index in [9.17, 15) is 0 Å². The molecule has 2 saturated carbocycles. The SMILES string of the molecule is CC1(C)[C@@H]2CC[C@@]1(C)[C@@](Oc1ccccc1)(c1ccccc1)C2. The third-order valence-electron chi connectivity index (χ3n) is 7.14. The Kier molecular flexibility index (Phi) is 3.13. The molecule has 2 fully saturated rings. The highest BCUT2D eigenvalue weighted by Gasteiger charge is 2.70. The largest absolute Gasteiger partial charge is 0.482 e. The minimum Gasteiger partial charge on any atom is -0.482 e. The Morgan fingerprint density at radius 2 is 1.48 bits per heavy atom. The summed E-state index contributed by atoms with van der Waals surface area (Å²) >= 11 is 0. The lowest BCUT2D eigenvalue weighted by Gasteiger charge is -2.48. The molecule has 0 spiro atoms. The zero-order valence-corrected chi connectivity index (χ0v) is 14.4. The molecule has 0 radical (unpaired) electrons. The lowest BCUT2D eigenvalue weighted by Crippen LogP contribution is -2.49. The molecule has 120 valence electrons. The first-order valence-corrected chi connectivity index (χ1v) is 8.79. The third-order valence-corrected chi connectivity index (χ3v) is 7.14. The average molecular weight is 306 g/mol. The number of fused-ring (bicyclic) bond motifs is 2. The molecule has 0 aromatic heterocycles. The first kappa shape index (κ1) is 14.8. The molecule has 2 aromatic carbocycles. The van der Waals surface area contributed by atoms with E-state index in [1.165, 1.54) is 18.4 Å². The second-order valence-corrected chi connectivity index (χ2v) is 8.10. The molecule has 1 heteroatoms. The summed E-state index contributed by atoms with van der Waals surface area (Å²) in [6.45, 7) is 7.35. The molecule has 0 heterocycles. The van der Waals surface area contributed by atoms with Crippen LogP contribution in [-0.2, 0) is 5.60 Å². The third kappa shape index (κ3) is 1.86. The molecule has 2 aromatic rings. The number of rotatable bonds is 3. The van der Waals surface area contributed by atoms with Crippen LogP contribution in [0.1, 0.15) is 45.6 Å². The van der Waals surface area contributed by atoms with Gasteiger partial charge in [-0.25, -0.2) is 0 Å². The van der Waals surface area contributed by atoms with Crippen LogP contribution in [0.5, 0.6) is 5.75 Å². The predicted molar refractivity (Wildman–Crippen MR) is 94.4 cm³/mol. The van der Waals surface area contributed by atoms with Crippen LogP contribution < -0.4 is 4.74 Å². The molecule has 3 atom stereocenters. The second-order valence-electron chi connectivity index (χ2n) is 8.10. The molecule has 23 heavy (non-hydrogen) atoms. The maximum Gasteiger partial charge on any atom is 0.140 e. The molecule has 2 aliphatic rings. The molecule has 1 nitrogen and oxygen atoms in total. The Bertz CT molecular complexity index is 690. The van der Waals surface area contributed by atoms with Crippen molar-refractivity contribution in [3.05, 3.63) is 66.2 Å². The van der Waals surface area contributed by atoms with E-state index in [1.807, 2.05) is 0 Å². The number of benzene rings is 2. The summed E-state index contributed by atoms with van der Waals surface area (Å²) in [4.78, 5) is 0. The summed E-state index contributed by atoms with van der Waals surface area (Å²) in [5.74, 6) is 1.72.